The van der Waals surface area contributed by atoms with Crippen LogP contribution in [-0.4, -0.2) is 12.6 Å². The lowest BCUT2D eigenvalue weighted by atomic mass is 10.1. The lowest BCUT2D eigenvalue weighted by Gasteiger charge is -2.11. The molecule has 0 aliphatic rings. The third-order valence-electron chi connectivity index (χ3n) is 3.60. The number of aromatic nitrogens is 1. The molecule has 3 aromatic rings. The molecule has 2 aromatic heterocycles. The molecule has 0 saturated carbocycles. The maximum Gasteiger partial charge on any atom is 0.346 e. The van der Waals surface area contributed by atoms with Crippen molar-refractivity contribution in [2.24, 2.45) is 0 Å². The summed E-state index contributed by atoms with van der Waals surface area (Å²) in [5.41, 5.74) is 3.30. The van der Waals surface area contributed by atoms with Crippen LogP contribution in [0.4, 0.5) is 5.69 Å². The zero-order valence-electron chi connectivity index (χ0n) is 13.2. The van der Waals surface area contributed by atoms with Gasteiger partial charge in [-0.2, -0.15) is 0 Å². The van der Waals surface area contributed by atoms with Crippen molar-refractivity contribution in [2.45, 2.75) is 20.4 Å². The van der Waals surface area contributed by atoms with E-state index in [-0.39, 0.29) is 5.97 Å². The fraction of sp³-hybridized carbons (Fsp3) is 0.222. The smallest absolute Gasteiger partial charge is 0.346 e. The van der Waals surface area contributed by atoms with E-state index in [0.29, 0.717) is 18.7 Å². The van der Waals surface area contributed by atoms with E-state index in [1.807, 2.05) is 37.3 Å². The molecule has 0 amide bonds. The number of carbonyl (C=O) groups excluding carboxylic acids is 1. The van der Waals surface area contributed by atoms with Gasteiger partial charge in [-0.25, -0.2) is 9.78 Å². The fourth-order valence-electron chi connectivity index (χ4n) is 2.51. The van der Waals surface area contributed by atoms with Gasteiger partial charge in [0.05, 0.1) is 30.5 Å². The number of pyridine rings is 1. The summed E-state index contributed by atoms with van der Waals surface area (Å²) in [7, 11) is 0. The van der Waals surface area contributed by atoms with Gasteiger partial charge < -0.3 is 14.5 Å². The SMILES string of the molecule is CCOC(=O)c1c[nH+]c2ccc(C)cc2c1NCc1ccco1. The number of anilines is 1. The molecule has 0 unspecified atom stereocenters. The number of rotatable bonds is 5. The Labute approximate surface area is 134 Å². The summed E-state index contributed by atoms with van der Waals surface area (Å²) in [6, 6.07) is 9.79. The molecular formula is C18H19N2O3+. The molecule has 3 rings (SSSR count). The number of fused-ring (bicyclic) bond motifs is 1. The van der Waals surface area contributed by atoms with Gasteiger partial charge in [-0.05, 0) is 37.6 Å². The Bertz CT molecular complexity index is 826. The number of carbonyl (C=O) groups is 1. The number of furan rings is 1. The topological polar surface area (TPSA) is 65.6 Å². The third-order valence-corrected chi connectivity index (χ3v) is 3.60. The highest BCUT2D eigenvalue weighted by atomic mass is 16.5. The summed E-state index contributed by atoms with van der Waals surface area (Å²) in [5.74, 6) is 0.447. The van der Waals surface area contributed by atoms with Crippen molar-refractivity contribution in [1.82, 2.24) is 0 Å². The van der Waals surface area contributed by atoms with Crippen LogP contribution in [0, 0.1) is 6.92 Å². The van der Waals surface area contributed by atoms with Crippen molar-refractivity contribution in [1.29, 1.82) is 0 Å². The Balaban J connectivity index is 2.06. The number of aromatic amines is 1. The zero-order chi connectivity index (χ0) is 16.2. The largest absolute Gasteiger partial charge is 0.467 e. The maximum absolute atomic E-state index is 12.2. The second-order valence-corrected chi connectivity index (χ2v) is 5.28. The fourth-order valence-corrected chi connectivity index (χ4v) is 2.51. The van der Waals surface area contributed by atoms with Gasteiger partial charge >= 0.3 is 5.97 Å². The van der Waals surface area contributed by atoms with E-state index in [1.54, 1.807) is 19.4 Å². The summed E-state index contributed by atoms with van der Waals surface area (Å²) in [6.45, 7) is 4.64. The van der Waals surface area contributed by atoms with Crippen LogP contribution in [0.2, 0.25) is 0 Å². The van der Waals surface area contributed by atoms with E-state index in [2.05, 4.69) is 10.3 Å². The van der Waals surface area contributed by atoms with Crippen molar-refractivity contribution < 1.29 is 18.9 Å². The van der Waals surface area contributed by atoms with Crippen molar-refractivity contribution in [3.8, 4) is 0 Å². The van der Waals surface area contributed by atoms with Gasteiger partial charge in [0.2, 0.25) is 5.52 Å². The van der Waals surface area contributed by atoms with E-state index in [1.165, 1.54) is 0 Å². The molecule has 0 fully saturated rings. The minimum Gasteiger partial charge on any atom is -0.467 e. The molecule has 5 heteroatoms. The summed E-state index contributed by atoms with van der Waals surface area (Å²) in [5, 5.41) is 4.26. The van der Waals surface area contributed by atoms with E-state index < -0.39 is 0 Å². The second kappa shape index (κ2) is 6.52. The van der Waals surface area contributed by atoms with Crippen LogP contribution in [0.1, 0.15) is 28.6 Å². The van der Waals surface area contributed by atoms with Crippen molar-refractivity contribution in [3.63, 3.8) is 0 Å². The monoisotopic (exact) mass is 311 g/mol. The first-order valence-corrected chi connectivity index (χ1v) is 7.57. The number of aryl methyl sites for hydroxylation is 1. The van der Waals surface area contributed by atoms with Crippen LogP contribution in [0.3, 0.4) is 0 Å². The predicted octanol–water partition coefficient (Wildman–Crippen LogP) is 3.34. The van der Waals surface area contributed by atoms with Crippen LogP contribution in [0.25, 0.3) is 10.9 Å². The van der Waals surface area contributed by atoms with E-state index in [4.69, 9.17) is 9.15 Å². The minimum atomic E-state index is -0.353. The Morgan fingerprint density at radius 1 is 1.35 bits per heavy atom. The molecular weight excluding hydrogens is 292 g/mol. The Morgan fingerprint density at radius 2 is 2.22 bits per heavy atom. The first-order valence-electron chi connectivity index (χ1n) is 7.57. The normalized spacial score (nSPS) is 10.7. The van der Waals surface area contributed by atoms with Crippen LogP contribution in [0.15, 0.2) is 47.2 Å². The molecule has 0 saturated heterocycles. The van der Waals surface area contributed by atoms with Gasteiger partial charge in [0.1, 0.15) is 11.3 Å². The average Bonchev–Trinajstić information content (AvgIpc) is 3.06. The molecule has 0 aliphatic carbocycles. The standard InChI is InChI=1S/C18H18N2O3/c1-3-22-18(21)15-11-19-16-7-6-12(2)9-14(16)17(15)20-10-13-5-4-8-23-13/h4-9,11H,3,10H2,1-2H3,(H,19,20)/p+1. The summed E-state index contributed by atoms with van der Waals surface area (Å²) >= 11 is 0. The van der Waals surface area contributed by atoms with Gasteiger partial charge in [0.15, 0.2) is 6.20 Å². The highest BCUT2D eigenvalue weighted by Crippen LogP contribution is 2.26. The van der Waals surface area contributed by atoms with Crippen LogP contribution >= 0.6 is 0 Å². The quantitative estimate of drug-likeness (QED) is 0.734. The molecule has 2 heterocycles. The molecule has 0 spiro atoms. The molecule has 1 aromatic carbocycles. The Hall–Kier alpha value is -2.82. The molecule has 0 radical (unpaired) electrons. The number of nitrogens with one attached hydrogen (secondary N) is 2. The maximum atomic E-state index is 12.2. The molecule has 2 N–H and O–H groups in total. The number of esters is 1. The number of ether oxygens (including phenoxy) is 1. The number of hydrogen-bond donors (Lipinski definition) is 1. The molecule has 0 atom stereocenters. The van der Waals surface area contributed by atoms with Crippen LogP contribution in [-0.2, 0) is 11.3 Å². The van der Waals surface area contributed by atoms with Gasteiger partial charge in [-0.15, -0.1) is 0 Å². The van der Waals surface area contributed by atoms with Gasteiger partial charge in [-0.1, -0.05) is 6.07 Å². The van der Waals surface area contributed by atoms with Crippen molar-refractivity contribution in [3.05, 3.63) is 59.7 Å². The van der Waals surface area contributed by atoms with Gasteiger partial charge in [-0.3, -0.25) is 0 Å². The van der Waals surface area contributed by atoms with Gasteiger partial charge in [0, 0.05) is 6.07 Å². The van der Waals surface area contributed by atoms with Crippen molar-refractivity contribution in [2.75, 3.05) is 11.9 Å². The highest BCUT2D eigenvalue weighted by molar-refractivity contribution is 6.03. The lowest BCUT2D eigenvalue weighted by Crippen LogP contribution is -2.16. The Morgan fingerprint density at radius 3 is 2.96 bits per heavy atom. The first-order chi connectivity index (χ1) is 11.2. The van der Waals surface area contributed by atoms with Crippen LogP contribution < -0.4 is 10.3 Å². The minimum absolute atomic E-state index is 0.336. The van der Waals surface area contributed by atoms with Crippen molar-refractivity contribution >= 4 is 22.6 Å². The third kappa shape index (κ3) is 3.18. The average molecular weight is 311 g/mol. The summed E-state index contributed by atoms with van der Waals surface area (Å²) < 4.78 is 10.5. The number of hydrogen-bond acceptors (Lipinski definition) is 4. The molecule has 5 nitrogen and oxygen atoms in total. The first kappa shape index (κ1) is 15.1. The second-order valence-electron chi connectivity index (χ2n) is 5.28. The van der Waals surface area contributed by atoms with Gasteiger partial charge in [0.25, 0.3) is 0 Å². The molecule has 23 heavy (non-hydrogen) atoms. The molecule has 0 bridgehead atoms. The summed E-state index contributed by atoms with van der Waals surface area (Å²) in [4.78, 5) is 15.4. The van der Waals surface area contributed by atoms with E-state index in [9.17, 15) is 4.79 Å². The lowest BCUT2D eigenvalue weighted by molar-refractivity contribution is -0.344. The molecule has 0 aliphatic heterocycles. The Kier molecular flexibility index (Phi) is 4.28. The van der Waals surface area contributed by atoms with E-state index in [0.717, 1.165) is 27.9 Å². The number of H-pyrrole nitrogens is 1. The predicted molar refractivity (Wildman–Crippen MR) is 87.2 cm³/mol. The van der Waals surface area contributed by atoms with Crippen LogP contribution in [0.5, 0.6) is 0 Å². The summed E-state index contributed by atoms with van der Waals surface area (Å²) in [6.07, 6.45) is 3.31. The van der Waals surface area contributed by atoms with E-state index >= 15 is 0 Å². The highest BCUT2D eigenvalue weighted by Gasteiger charge is 2.20. The zero-order valence-corrected chi connectivity index (χ0v) is 13.2. The molecule has 118 valence electrons. The number of benzene rings is 1.